The number of nitrogens with zero attached hydrogens (tertiary/aromatic N) is 1. The van der Waals surface area contributed by atoms with E-state index < -0.39 is 15.6 Å². The van der Waals surface area contributed by atoms with E-state index in [1.54, 1.807) is 0 Å². The molecular formula is C26H34N2O3S. The molecule has 2 unspecified atom stereocenters. The van der Waals surface area contributed by atoms with Gasteiger partial charge in [0.1, 0.15) is 0 Å². The summed E-state index contributed by atoms with van der Waals surface area (Å²) in [5.41, 5.74) is 2.74. The topological polar surface area (TPSA) is 69.6 Å². The van der Waals surface area contributed by atoms with Crippen molar-refractivity contribution in [2.75, 3.05) is 30.6 Å². The third-order valence-electron chi connectivity index (χ3n) is 8.18. The number of anilines is 1. The summed E-state index contributed by atoms with van der Waals surface area (Å²) in [5.74, 6) is 2.06. The van der Waals surface area contributed by atoms with Crippen LogP contribution in [0.3, 0.4) is 0 Å². The number of aliphatic hydroxyl groups is 1. The van der Waals surface area contributed by atoms with Gasteiger partial charge in [0, 0.05) is 30.7 Å². The van der Waals surface area contributed by atoms with E-state index >= 15 is 0 Å². The van der Waals surface area contributed by atoms with Crippen LogP contribution >= 0.6 is 0 Å². The van der Waals surface area contributed by atoms with Crippen molar-refractivity contribution in [2.24, 2.45) is 17.8 Å². The number of hydrogen-bond acceptors (Lipinski definition) is 4. The molecule has 1 saturated heterocycles. The van der Waals surface area contributed by atoms with Crippen molar-refractivity contribution in [1.82, 2.24) is 4.90 Å². The van der Waals surface area contributed by atoms with Gasteiger partial charge in [-0.15, -0.1) is 0 Å². The normalized spacial score (nSPS) is 34.2. The number of hydrogen-bond donors (Lipinski definition) is 2. The van der Waals surface area contributed by atoms with Crippen LogP contribution in [0, 0.1) is 17.8 Å². The fourth-order valence-electron chi connectivity index (χ4n) is 6.93. The minimum Gasteiger partial charge on any atom is -0.389 e. The van der Waals surface area contributed by atoms with Crippen LogP contribution in [0.2, 0.25) is 0 Å². The molecule has 6 heteroatoms. The molecule has 2 saturated carbocycles. The van der Waals surface area contributed by atoms with E-state index in [9.17, 15) is 13.5 Å². The molecule has 2 atom stereocenters. The van der Waals surface area contributed by atoms with Crippen LogP contribution in [0.5, 0.6) is 0 Å². The van der Waals surface area contributed by atoms with Crippen molar-refractivity contribution in [1.29, 1.82) is 0 Å². The van der Waals surface area contributed by atoms with Crippen LogP contribution in [-0.2, 0) is 15.4 Å². The Kier molecular flexibility index (Phi) is 5.19. The summed E-state index contributed by atoms with van der Waals surface area (Å²) in [4.78, 5) is 2.45. The highest BCUT2D eigenvalue weighted by Crippen LogP contribution is 2.67. The van der Waals surface area contributed by atoms with Crippen molar-refractivity contribution in [3.05, 3.63) is 65.7 Å². The van der Waals surface area contributed by atoms with Crippen LogP contribution in [0.25, 0.3) is 0 Å². The van der Waals surface area contributed by atoms with Gasteiger partial charge < -0.3 is 5.11 Å². The monoisotopic (exact) mass is 454 g/mol. The molecular weight excluding hydrogens is 420 g/mol. The van der Waals surface area contributed by atoms with E-state index in [0.717, 1.165) is 32.5 Å². The van der Waals surface area contributed by atoms with Gasteiger partial charge in [0.05, 0.1) is 11.9 Å². The lowest BCUT2D eigenvalue weighted by Gasteiger charge is -2.46. The smallest absolute Gasteiger partial charge is 0.229 e. The molecule has 3 aliphatic rings. The predicted octanol–water partition coefficient (Wildman–Crippen LogP) is 3.82. The first-order chi connectivity index (χ1) is 15.1. The molecule has 3 fully saturated rings. The van der Waals surface area contributed by atoms with Crippen LogP contribution in [0.4, 0.5) is 5.69 Å². The highest BCUT2D eigenvalue weighted by atomic mass is 32.2. The molecule has 2 N–H and O–H groups in total. The van der Waals surface area contributed by atoms with Crippen molar-refractivity contribution in [3.8, 4) is 0 Å². The van der Waals surface area contributed by atoms with Gasteiger partial charge in [-0.05, 0) is 59.8 Å². The summed E-state index contributed by atoms with van der Waals surface area (Å²) < 4.78 is 26.0. The summed E-state index contributed by atoms with van der Waals surface area (Å²) in [6.07, 6.45) is 2.88. The maximum absolute atomic E-state index is 11.7. The number of nitrogens with one attached hydrogen (secondary N) is 1. The van der Waals surface area contributed by atoms with Gasteiger partial charge >= 0.3 is 0 Å². The minimum absolute atomic E-state index is 0.0977. The second-order valence-corrected chi connectivity index (χ2v) is 12.4. The molecule has 0 amide bonds. The maximum atomic E-state index is 11.7. The number of sulfonamides is 1. The number of piperidine rings is 1. The number of rotatable bonds is 7. The van der Waals surface area contributed by atoms with E-state index in [4.69, 9.17) is 0 Å². The average molecular weight is 455 g/mol. The van der Waals surface area contributed by atoms with Gasteiger partial charge in [-0.3, -0.25) is 9.62 Å². The number of likely N-dealkylation sites (tertiary alicyclic amines) is 1. The molecule has 5 nitrogen and oxygen atoms in total. The highest BCUT2D eigenvalue weighted by Gasteiger charge is 2.70. The zero-order valence-electron chi connectivity index (χ0n) is 19.2. The van der Waals surface area contributed by atoms with Crippen LogP contribution in [-0.4, -0.2) is 49.9 Å². The Balaban J connectivity index is 1.25. The first-order valence-corrected chi connectivity index (χ1v) is 13.6. The van der Waals surface area contributed by atoms with E-state index in [1.165, 1.54) is 17.4 Å². The van der Waals surface area contributed by atoms with Crippen molar-refractivity contribution < 1.29 is 13.5 Å². The van der Waals surface area contributed by atoms with Crippen molar-refractivity contribution in [3.63, 3.8) is 0 Å². The summed E-state index contributed by atoms with van der Waals surface area (Å²) in [6.45, 7) is 7.33. The van der Waals surface area contributed by atoms with Gasteiger partial charge in [0.25, 0.3) is 0 Å². The Bertz CT molecular complexity index is 1080. The number of β-amino-alcohol motifs (C(OH)–C–C–N with tert-alkyl or cyclic N) is 1. The van der Waals surface area contributed by atoms with Gasteiger partial charge in [-0.2, -0.15) is 0 Å². The molecule has 0 aromatic heterocycles. The first kappa shape index (κ1) is 21.9. The Morgan fingerprint density at radius 1 is 1.06 bits per heavy atom. The Morgan fingerprint density at radius 3 is 2.31 bits per heavy atom. The standard InChI is InChI=1S/C26H34N2O3S/c1-18(2)26(21-10-7-11-22(12-21)27-32(3,30)31)23-15-28(16-24(23)26)17-25(29)13-20(14-25)19-8-5-4-6-9-19/h4-12,18,20,23-24,27,29H,13-17H2,1-3H3. The Hall–Kier alpha value is -1.89. The van der Waals surface area contributed by atoms with Crippen molar-refractivity contribution >= 4 is 15.7 Å². The van der Waals surface area contributed by atoms with Gasteiger partial charge in [0.15, 0.2) is 0 Å². The Labute approximate surface area is 191 Å². The SMILES string of the molecule is CC(C)C1(c2cccc(NS(C)(=O)=O)c2)C2CN(CC3(O)CC(c4ccccc4)C3)CC21. The summed E-state index contributed by atoms with van der Waals surface area (Å²) in [5, 5.41) is 11.1. The lowest BCUT2D eigenvalue weighted by atomic mass is 9.67. The predicted molar refractivity (Wildman–Crippen MR) is 128 cm³/mol. The van der Waals surface area contributed by atoms with Gasteiger partial charge in [-0.25, -0.2) is 8.42 Å². The van der Waals surface area contributed by atoms with E-state index in [-0.39, 0.29) is 5.41 Å². The quantitative estimate of drug-likeness (QED) is 0.667. The zero-order valence-corrected chi connectivity index (χ0v) is 20.0. The summed E-state index contributed by atoms with van der Waals surface area (Å²) in [7, 11) is -3.29. The maximum Gasteiger partial charge on any atom is 0.229 e. The van der Waals surface area contributed by atoms with E-state index in [0.29, 0.717) is 29.4 Å². The highest BCUT2D eigenvalue weighted by molar-refractivity contribution is 7.92. The number of benzene rings is 2. The minimum atomic E-state index is -3.29. The largest absolute Gasteiger partial charge is 0.389 e. The molecule has 0 radical (unpaired) electrons. The molecule has 32 heavy (non-hydrogen) atoms. The molecule has 5 rings (SSSR count). The van der Waals surface area contributed by atoms with Crippen LogP contribution in [0.1, 0.15) is 43.7 Å². The lowest BCUT2D eigenvalue weighted by Crippen LogP contribution is -2.52. The van der Waals surface area contributed by atoms with E-state index in [2.05, 4.69) is 53.8 Å². The zero-order chi connectivity index (χ0) is 22.7. The van der Waals surface area contributed by atoms with Crippen molar-refractivity contribution in [2.45, 2.75) is 43.6 Å². The lowest BCUT2D eigenvalue weighted by molar-refractivity contribution is -0.0714. The summed E-state index contributed by atoms with van der Waals surface area (Å²) >= 11 is 0. The summed E-state index contributed by atoms with van der Waals surface area (Å²) in [6, 6.07) is 18.5. The van der Waals surface area contributed by atoms with Crippen LogP contribution < -0.4 is 4.72 Å². The molecule has 1 heterocycles. The first-order valence-electron chi connectivity index (χ1n) is 11.7. The number of fused-ring (bicyclic) bond motifs is 1. The third kappa shape index (κ3) is 3.76. The molecule has 1 aliphatic heterocycles. The van der Waals surface area contributed by atoms with Crippen LogP contribution in [0.15, 0.2) is 54.6 Å². The average Bonchev–Trinajstić information content (AvgIpc) is 3.12. The molecule has 2 aliphatic carbocycles. The molecule has 2 aromatic rings. The third-order valence-corrected chi connectivity index (χ3v) is 8.78. The molecule has 0 spiro atoms. The fraction of sp³-hybridized carbons (Fsp3) is 0.538. The second kappa shape index (κ2) is 7.57. The molecule has 2 aromatic carbocycles. The van der Waals surface area contributed by atoms with Gasteiger partial charge in [0.2, 0.25) is 10.0 Å². The van der Waals surface area contributed by atoms with E-state index in [1.807, 2.05) is 24.3 Å². The second-order valence-electron chi connectivity index (χ2n) is 10.7. The van der Waals surface area contributed by atoms with Gasteiger partial charge in [-0.1, -0.05) is 56.3 Å². The molecule has 0 bridgehead atoms. The Morgan fingerprint density at radius 2 is 1.72 bits per heavy atom. The molecule has 172 valence electrons. The fourth-order valence-corrected chi connectivity index (χ4v) is 7.48.